The number of fused-ring (bicyclic) bond motifs is 1. The molecule has 0 aromatic heterocycles. The van der Waals surface area contributed by atoms with E-state index in [0.29, 0.717) is 24.6 Å². The molecule has 1 aromatic carbocycles. The van der Waals surface area contributed by atoms with Crippen molar-refractivity contribution in [2.45, 2.75) is 123 Å². The highest BCUT2D eigenvalue weighted by Crippen LogP contribution is 2.53. The highest BCUT2D eigenvalue weighted by molar-refractivity contribution is 5.90. The molecule has 0 radical (unpaired) electrons. The van der Waals surface area contributed by atoms with Crippen molar-refractivity contribution in [2.75, 3.05) is 20.3 Å². The molecule has 3 N–H and O–H groups in total. The summed E-state index contributed by atoms with van der Waals surface area (Å²) in [7, 11) is 1.66. The zero-order valence-electron chi connectivity index (χ0n) is 29.5. The highest BCUT2D eigenvalue weighted by Gasteiger charge is 2.54. The van der Waals surface area contributed by atoms with Gasteiger partial charge in [0.2, 0.25) is 17.7 Å². The lowest BCUT2D eigenvalue weighted by Gasteiger charge is -2.40. The summed E-state index contributed by atoms with van der Waals surface area (Å²) < 4.78 is 11.5. The molecule has 12 nitrogen and oxygen atoms in total. The highest BCUT2D eigenvalue weighted by atomic mass is 16.6. The summed E-state index contributed by atoms with van der Waals surface area (Å²) in [6.07, 6.45) is 8.12. The Morgan fingerprint density at radius 1 is 1.19 bits per heavy atom. The maximum absolute atomic E-state index is 13.9. The lowest BCUT2D eigenvalue weighted by Crippen LogP contribution is -2.52. The molecule has 4 rings (SSSR count). The molecule has 3 aliphatic rings. The van der Waals surface area contributed by atoms with Crippen LogP contribution in [0.4, 0.5) is 4.79 Å². The van der Waals surface area contributed by atoms with Gasteiger partial charge < -0.3 is 35.7 Å². The summed E-state index contributed by atoms with van der Waals surface area (Å²) in [6, 6.07) is 3.98. The standard InChI is InChI=1S/C36H54N5O7/c1-7-24-14-13-15-25-20-39(22-28(24)25)34(45)48-27-18-30(31(37)42)40(21-27)32(43)29(41(46)23-47-35(2,3)4)17-12-10-8-9-11-16-26-19-36(26,5)33(44)38-6/h11,13-16,26-27,29-30H,7-10,12,17-23H2,1-6H3,(H2,37,42)(H,38,44)/q-1/b16-11-/t26-,27-,29+,30+,36+/m1/s1. The van der Waals surface area contributed by atoms with Gasteiger partial charge in [-0.25, -0.2) is 4.79 Å². The monoisotopic (exact) mass is 668 g/mol. The minimum Gasteiger partial charge on any atom is -0.783 e. The summed E-state index contributed by atoms with van der Waals surface area (Å²) in [5.41, 5.74) is 8.23. The third kappa shape index (κ3) is 9.15. The van der Waals surface area contributed by atoms with Crippen molar-refractivity contribution in [1.29, 1.82) is 0 Å². The number of nitrogens with one attached hydrogen (secondary N) is 1. The van der Waals surface area contributed by atoms with Crippen LogP contribution >= 0.6 is 0 Å². The van der Waals surface area contributed by atoms with Gasteiger partial charge in [0.15, 0.2) is 0 Å². The van der Waals surface area contributed by atoms with E-state index in [1.807, 2.05) is 39.8 Å². The average molecular weight is 669 g/mol. The van der Waals surface area contributed by atoms with Crippen molar-refractivity contribution in [3.63, 3.8) is 0 Å². The fraction of sp³-hybridized carbons (Fsp3) is 0.667. The SMILES string of the molecule is CCc1cccc2c1CN(C(=O)O[C@@H]1C[C@@H](C(N)=O)N(C(=O)[C@H](CCCCC/C=C\[C@@H]3C[C@]3(C)C(=O)NC)N([O-])COC(C)(C)C)C1)C2. The molecule has 266 valence electrons. The van der Waals surface area contributed by atoms with Gasteiger partial charge in [-0.1, -0.05) is 57.0 Å². The van der Waals surface area contributed by atoms with Gasteiger partial charge >= 0.3 is 6.09 Å². The van der Waals surface area contributed by atoms with E-state index in [-0.39, 0.29) is 43.4 Å². The summed E-state index contributed by atoms with van der Waals surface area (Å²) in [5.74, 6) is -0.915. The van der Waals surface area contributed by atoms with Gasteiger partial charge in [-0.3, -0.25) is 19.3 Å². The number of carbonyl (C=O) groups excluding carboxylic acids is 4. The second-order valence-corrected chi connectivity index (χ2v) is 14.6. The maximum atomic E-state index is 13.9. The largest absolute Gasteiger partial charge is 0.783 e. The first kappa shape index (κ1) is 37.3. The molecule has 1 aliphatic carbocycles. The van der Waals surface area contributed by atoms with Gasteiger partial charge in [0, 0.05) is 26.6 Å². The van der Waals surface area contributed by atoms with Crippen LogP contribution in [-0.2, 0) is 43.4 Å². The van der Waals surface area contributed by atoms with Crippen molar-refractivity contribution in [3.8, 4) is 0 Å². The molecule has 0 bridgehead atoms. The van der Waals surface area contributed by atoms with Crippen LogP contribution in [0.3, 0.4) is 0 Å². The molecule has 2 fully saturated rings. The molecule has 2 aliphatic heterocycles. The van der Waals surface area contributed by atoms with Gasteiger partial charge in [-0.15, -0.1) is 0 Å². The molecule has 4 amide bonds. The third-order valence-corrected chi connectivity index (χ3v) is 9.88. The Bertz CT molecular complexity index is 1360. The number of hydroxylamine groups is 2. The van der Waals surface area contributed by atoms with E-state index >= 15 is 0 Å². The van der Waals surface area contributed by atoms with Gasteiger partial charge in [0.1, 0.15) is 12.1 Å². The van der Waals surface area contributed by atoms with Crippen LogP contribution in [-0.4, -0.2) is 82.8 Å². The Morgan fingerprint density at radius 3 is 2.60 bits per heavy atom. The Balaban J connectivity index is 1.34. The molecule has 1 aromatic rings. The topological polar surface area (TPSA) is 158 Å². The zero-order valence-corrected chi connectivity index (χ0v) is 29.5. The van der Waals surface area contributed by atoms with Crippen LogP contribution in [0.15, 0.2) is 30.4 Å². The number of likely N-dealkylation sites (tertiary alicyclic amines) is 1. The minimum atomic E-state index is -1.08. The molecule has 1 saturated heterocycles. The fourth-order valence-corrected chi connectivity index (χ4v) is 6.76. The van der Waals surface area contributed by atoms with Crippen molar-refractivity contribution in [1.82, 2.24) is 20.2 Å². The van der Waals surface area contributed by atoms with Gasteiger partial charge in [-0.05, 0) is 75.5 Å². The summed E-state index contributed by atoms with van der Waals surface area (Å²) >= 11 is 0. The fourth-order valence-electron chi connectivity index (χ4n) is 6.76. The predicted molar refractivity (Wildman–Crippen MR) is 182 cm³/mol. The number of carbonyl (C=O) groups is 4. The molecule has 5 atom stereocenters. The van der Waals surface area contributed by atoms with E-state index in [0.717, 1.165) is 43.2 Å². The van der Waals surface area contributed by atoms with E-state index in [9.17, 15) is 24.4 Å². The van der Waals surface area contributed by atoms with Crippen LogP contribution < -0.4 is 11.1 Å². The van der Waals surface area contributed by atoms with Crippen LogP contribution in [0.25, 0.3) is 0 Å². The van der Waals surface area contributed by atoms with Crippen LogP contribution in [0.2, 0.25) is 0 Å². The number of aryl methyl sites for hydroxylation is 1. The number of primary amides is 1. The predicted octanol–water partition coefficient (Wildman–Crippen LogP) is 4.38. The van der Waals surface area contributed by atoms with Crippen LogP contribution in [0, 0.1) is 16.5 Å². The van der Waals surface area contributed by atoms with Gasteiger partial charge in [0.05, 0.1) is 30.3 Å². The second-order valence-electron chi connectivity index (χ2n) is 14.6. The number of hydrogen-bond donors (Lipinski definition) is 2. The lowest BCUT2D eigenvalue weighted by atomic mass is 10.0. The normalized spacial score (nSPS) is 24.2. The molecular formula is C36H54N5O7-. The number of ether oxygens (including phenoxy) is 2. The smallest absolute Gasteiger partial charge is 0.410 e. The molecule has 12 heteroatoms. The Hall–Kier alpha value is -3.48. The number of hydrogen-bond acceptors (Lipinski definition) is 8. The maximum Gasteiger partial charge on any atom is 0.410 e. The molecule has 2 heterocycles. The van der Waals surface area contributed by atoms with Gasteiger partial charge in [-0.2, -0.15) is 0 Å². The quantitative estimate of drug-likeness (QED) is 0.121. The number of nitrogens with zero attached hydrogens (tertiary/aromatic N) is 3. The second kappa shape index (κ2) is 15.8. The van der Waals surface area contributed by atoms with E-state index in [2.05, 4.69) is 30.5 Å². The molecule has 0 spiro atoms. The number of unbranched alkanes of at least 4 members (excludes halogenated alkanes) is 3. The van der Waals surface area contributed by atoms with Crippen molar-refractivity contribution in [2.24, 2.45) is 17.1 Å². The first-order valence-corrected chi connectivity index (χ1v) is 17.3. The molecule has 48 heavy (non-hydrogen) atoms. The van der Waals surface area contributed by atoms with Crippen molar-refractivity contribution >= 4 is 23.8 Å². The Morgan fingerprint density at radius 2 is 1.94 bits per heavy atom. The van der Waals surface area contributed by atoms with E-state index in [1.54, 1.807) is 11.9 Å². The number of nitrogens with two attached hydrogens (primary N) is 1. The van der Waals surface area contributed by atoms with Crippen molar-refractivity contribution < 1.29 is 28.7 Å². The van der Waals surface area contributed by atoms with Gasteiger partial charge in [0.25, 0.3) is 0 Å². The van der Waals surface area contributed by atoms with Crippen LogP contribution in [0.1, 0.15) is 96.3 Å². The third-order valence-electron chi connectivity index (χ3n) is 9.88. The van der Waals surface area contributed by atoms with E-state index < -0.39 is 41.7 Å². The lowest BCUT2D eigenvalue weighted by molar-refractivity contribution is -0.144. The Labute approximate surface area is 284 Å². The summed E-state index contributed by atoms with van der Waals surface area (Å²) in [4.78, 5) is 54.6. The number of benzene rings is 1. The summed E-state index contributed by atoms with van der Waals surface area (Å²) in [5, 5.41) is 16.7. The zero-order chi connectivity index (χ0) is 35.2. The number of allylic oxidation sites excluding steroid dienone is 2. The number of rotatable bonds is 15. The first-order chi connectivity index (χ1) is 22.7. The summed E-state index contributed by atoms with van der Waals surface area (Å²) in [6.45, 7) is 10.1. The molecular weight excluding hydrogens is 614 g/mol. The van der Waals surface area contributed by atoms with Crippen LogP contribution in [0.5, 0.6) is 0 Å². The van der Waals surface area contributed by atoms with E-state index in [4.69, 9.17) is 15.2 Å². The number of amides is 4. The Kier molecular flexibility index (Phi) is 12.3. The van der Waals surface area contributed by atoms with E-state index in [1.165, 1.54) is 10.5 Å². The average Bonchev–Trinajstić information content (AvgIpc) is 3.34. The molecule has 1 saturated carbocycles. The molecule has 0 unspecified atom stereocenters. The minimum absolute atomic E-state index is 0.0232. The van der Waals surface area contributed by atoms with Crippen molar-refractivity contribution in [3.05, 3.63) is 52.2 Å². The first-order valence-electron chi connectivity index (χ1n) is 17.3.